The summed E-state index contributed by atoms with van der Waals surface area (Å²) in [5.74, 6) is 2.08. The molecule has 0 amide bonds. The van der Waals surface area contributed by atoms with E-state index in [1.807, 2.05) is 56.3 Å². The minimum Gasteiger partial charge on any atom is -0.494 e. The number of aromatic nitrogens is 3. The van der Waals surface area contributed by atoms with Crippen LogP contribution in [0, 0.1) is 0 Å². The number of fused-ring (bicyclic) bond motifs is 1. The summed E-state index contributed by atoms with van der Waals surface area (Å²) in [7, 11) is 0. The summed E-state index contributed by atoms with van der Waals surface area (Å²) in [6, 6.07) is 13.1. The highest BCUT2D eigenvalue weighted by molar-refractivity contribution is 7.15. The molecule has 37 heavy (non-hydrogen) atoms. The first kappa shape index (κ1) is 26.3. The van der Waals surface area contributed by atoms with Gasteiger partial charge in [-0.15, -0.1) is 0 Å². The number of benzene rings is 2. The number of unbranched alkanes of at least 4 members (excludes halogenated alkanes) is 1. The van der Waals surface area contributed by atoms with Gasteiger partial charge >= 0.3 is 0 Å². The molecule has 0 aliphatic heterocycles. The molecule has 0 N–H and O–H groups in total. The summed E-state index contributed by atoms with van der Waals surface area (Å²) < 4.78 is 18.8. The maximum absolute atomic E-state index is 13.1. The Kier molecular flexibility index (Phi) is 8.90. The zero-order valence-corrected chi connectivity index (χ0v) is 22.2. The van der Waals surface area contributed by atoms with Crippen LogP contribution in [0.3, 0.4) is 0 Å². The van der Waals surface area contributed by atoms with Gasteiger partial charge < -0.3 is 14.2 Å². The number of hydrogen-bond donors (Lipinski definition) is 0. The van der Waals surface area contributed by atoms with Crippen molar-refractivity contribution >= 4 is 22.4 Å². The van der Waals surface area contributed by atoms with Crippen LogP contribution in [-0.2, 0) is 6.42 Å². The summed E-state index contributed by atoms with van der Waals surface area (Å²) in [4.78, 5) is 30.1. The van der Waals surface area contributed by atoms with E-state index in [4.69, 9.17) is 14.2 Å². The van der Waals surface area contributed by atoms with E-state index in [1.165, 1.54) is 4.52 Å². The fourth-order valence-corrected chi connectivity index (χ4v) is 4.55. The van der Waals surface area contributed by atoms with Crippen molar-refractivity contribution in [2.24, 2.45) is 0 Å². The molecule has 8 nitrogen and oxygen atoms in total. The lowest BCUT2D eigenvalue weighted by atomic mass is 10.1. The molecule has 2 aromatic heterocycles. The van der Waals surface area contributed by atoms with Gasteiger partial charge in [-0.05, 0) is 61.2 Å². The fourth-order valence-electron chi connectivity index (χ4n) is 3.65. The molecular weight excluding hydrogens is 490 g/mol. The second-order valence-electron chi connectivity index (χ2n) is 8.48. The summed E-state index contributed by atoms with van der Waals surface area (Å²) in [6.45, 7) is 7.83. The Balaban J connectivity index is 1.62. The van der Waals surface area contributed by atoms with Crippen LogP contribution >= 0.6 is 11.3 Å². The van der Waals surface area contributed by atoms with Crippen molar-refractivity contribution in [3.8, 4) is 17.2 Å². The van der Waals surface area contributed by atoms with Crippen LogP contribution in [0.4, 0.5) is 0 Å². The lowest BCUT2D eigenvalue weighted by Gasteiger charge is -2.12. The monoisotopic (exact) mass is 521 g/mol. The van der Waals surface area contributed by atoms with Crippen molar-refractivity contribution in [2.45, 2.75) is 46.5 Å². The molecule has 0 spiro atoms. The maximum atomic E-state index is 13.1. The maximum Gasteiger partial charge on any atom is 0.296 e. The molecule has 0 radical (unpaired) electrons. The van der Waals surface area contributed by atoms with E-state index in [9.17, 15) is 9.59 Å². The molecule has 0 saturated heterocycles. The van der Waals surface area contributed by atoms with Crippen molar-refractivity contribution < 1.29 is 14.2 Å². The number of ether oxygens (including phenoxy) is 3. The van der Waals surface area contributed by atoms with Crippen LogP contribution in [0.25, 0.3) is 11.0 Å². The van der Waals surface area contributed by atoms with Crippen molar-refractivity contribution in [3.05, 3.63) is 84.5 Å². The molecule has 194 valence electrons. The van der Waals surface area contributed by atoms with Gasteiger partial charge in [0.2, 0.25) is 4.96 Å². The molecule has 0 aliphatic carbocycles. The zero-order valence-electron chi connectivity index (χ0n) is 21.4. The second kappa shape index (κ2) is 12.5. The lowest BCUT2D eigenvalue weighted by Crippen LogP contribution is -2.28. The summed E-state index contributed by atoms with van der Waals surface area (Å²) in [5, 5.41) is 4.35. The quantitative estimate of drug-likeness (QED) is 0.260. The molecule has 0 aliphatic rings. The number of nitrogens with zero attached hydrogens (tertiary/aromatic N) is 3. The Morgan fingerprint density at radius 3 is 2.46 bits per heavy atom. The van der Waals surface area contributed by atoms with Gasteiger partial charge in [-0.1, -0.05) is 49.8 Å². The molecule has 0 bridgehead atoms. The highest BCUT2D eigenvalue weighted by atomic mass is 32.1. The van der Waals surface area contributed by atoms with Crippen LogP contribution in [-0.4, -0.2) is 34.4 Å². The van der Waals surface area contributed by atoms with Crippen molar-refractivity contribution in [2.75, 3.05) is 19.8 Å². The van der Waals surface area contributed by atoms with Crippen molar-refractivity contribution in [1.82, 2.24) is 14.6 Å². The minimum atomic E-state index is -0.439. The summed E-state index contributed by atoms with van der Waals surface area (Å²) in [6.07, 6.45) is 4.95. The van der Waals surface area contributed by atoms with E-state index >= 15 is 0 Å². The predicted molar refractivity (Wildman–Crippen MR) is 145 cm³/mol. The molecule has 9 heteroatoms. The molecule has 4 rings (SSSR count). The Bertz CT molecular complexity index is 1510. The van der Waals surface area contributed by atoms with Gasteiger partial charge in [-0.3, -0.25) is 9.59 Å². The standard InChI is InChI=1S/C28H31N3O5S/c1-4-7-15-36-23-13-10-20(17-24(23)34-6-3)18-25-27(33)31-28(37-25)29-26(32)22(30-31)16-19-8-11-21(12-9-19)35-14-5-2/h8-13,17-18H,4-7,14-16H2,1-3H3/b25-18+. The van der Waals surface area contributed by atoms with Crippen molar-refractivity contribution in [3.63, 3.8) is 0 Å². The molecular formula is C28H31N3O5S. The first-order chi connectivity index (χ1) is 18.0. The normalized spacial score (nSPS) is 11.7. The fraction of sp³-hybridized carbons (Fsp3) is 0.357. The van der Waals surface area contributed by atoms with Crippen LogP contribution < -0.4 is 29.9 Å². The Morgan fingerprint density at radius 1 is 0.919 bits per heavy atom. The first-order valence-corrected chi connectivity index (χ1v) is 13.4. The molecule has 2 heterocycles. The molecule has 2 aromatic carbocycles. The van der Waals surface area contributed by atoms with Gasteiger partial charge in [0.15, 0.2) is 11.5 Å². The first-order valence-electron chi connectivity index (χ1n) is 12.6. The van der Waals surface area contributed by atoms with E-state index in [0.717, 1.165) is 47.5 Å². The second-order valence-corrected chi connectivity index (χ2v) is 9.49. The number of hydrogen-bond acceptors (Lipinski definition) is 8. The highest BCUT2D eigenvalue weighted by Crippen LogP contribution is 2.29. The Morgan fingerprint density at radius 2 is 1.73 bits per heavy atom. The van der Waals surface area contributed by atoms with Gasteiger partial charge in [0.05, 0.1) is 24.4 Å². The van der Waals surface area contributed by atoms with Crippen LogP contribution in [0.5, 0.6) is 17.2 Å². The highest BCUT2D eigenvalue weighted by Gasteiger charge is 2.13. The van der Waals surface area contributed by atoms with Gasteiger partial charge in [-0.25, -0.2) is 0 Å². The lowest BCUT2D eigenvalue weighted by molar-refractivity contribution is 0.272. The van der Waals surface area contributed by atoms with E-state index in [-0.39, 0.29) is 22.6 Å². The molecule has 4 aromatic rings. The van der Waals surface area contributed by atoms with Gasteiger partial charge in [0.25, 0.3) is 11.1 Å². The van der Waals surface area contributed by atoms with Crippen molar-refractivity contribution in [1.29, 1.82) is 0 Å². The molecule has 0 unspecified atom stereocenters. The zero-order chi connectivity index (χ0) is 26.2. The predicted octanol–water partition coefficient (Wildman–Crippen LogP) is 4.02. The third-order valence-corrected chi connectivity index (χ3v) is 6.50. The molecule has 0 saturated carbocycles. The number of rotatable bonds is 12. The minimum absolute atomic E-state index is 0.216. The van der Waals surface area contributed by atoms with E-state index < -0.39 is 5.56 Å². The average Bonchev–Trinajstić information content (AvgIpc) is 3.19. The van der Waals surface area contributed by atoms with E-state index in [2.05, 4.69) is 17.0 Å². The summed E-state index contributed by atoms with van der Waals surface area (Å²) >= 11 is 1.13. The molecule has 0 atom stereocenters. The third-order valence-electron chi connectivity index (χ3n) is 5.54. The van der Waals surface area contributed by atoms with E-state index in [0.29, 0.717) is 35.9 Å². The number of thiazole rings is 1. The topological polar surface area (TPSA) is 92.0 Å². The smallest absolute Gasteiger partial charge is 0.296 e. The summed E-state index contributed by atoms with van der Waals surface area (Å²) in [5.41, 5.74) is 1.12. The SMILES string of the molecule is CCCCOc1ccc(/C=c2/sc3nc(=O)c(Cc4ccc(OCCC)cc4)nn3c2=O)cc1OCC. The Hall–Kier alpha value is -3.72. The van der Waals surface area contributed by atoms with Gasteiger partial charge in [-0.2, -0.15) is 14.6 Å². The Labute approximate surface area is 219 Å². The van der Waals surface area contributed by atoms with Crippen LogP contribution in [0.15, 0.2) is 52.1 Å². The molecule has 0 fully saturated rings. The third kappa shape index (κ3) is 6.54. The largest absolute Gasteiger partial charge is 0.494 e. The van der Waals surface area contributed by atoms with Gasteiger partial charge in [0.1, 0.15) is 11.4 Å². The van der Waals surface area contributed by atoms with Crippen LogP contribution in [0.2, 0.25) is 0 Å². The van der Waals surface area contributed by atoms with E-state index in [1.54, 1.807) is 6.08 Å². The van der Waals surface area contributed by atoms with Crippen LogP contribution in [0.1, 0.15) is 56.9 Å². The average molecular weight is 522 g/mol. The van der Waals surface area contributed by atoms with Gasteiger partial charge in [0, 0.05) is 6.42 Å².